The fourth-order valence-electron chi connectivity index (χ4n) is 2.39. The monoisotopic (exact) mass is 225 g/mol. The Bertz CT molecular complexity index is 251. The van der Waals surface area contributed by atoms with Crippen LogP contribution in [-0.2, 0) is 4.79 Å². The summed E-state index contributed by atoms with van der Waals surface area (Å²) in [7, 11) is 0. The van der Waals surface area contributed by atoms with Gasteiger partial charge in [0.25, 0.3) is 0 Å². The van der Waals surface area contributed by atoms with Crippen LogP contribution in [0.5, 0.6) is 0 Å². The molecule has 1 aliphatic carbocycles. The topological polar surface area (TPSA) is 58.4 Å². The van der Waals surface area contributed by atoms with E-state index >= 15 is 0 Å². The van der Waals surface area contributed by atoms with E-state index in [1.54, 1.807) is 0 Å². The van der Waals surface area contributed by atoms with Gasteiger partial charge < -0.3 is 16.0 Å². The second-order valence-corrected chi connectivity index (χ2v) is 5.36. The van der Waals surface area contributed by atoms with E-state index in [9.17, 15) is 4.79 Å². The lowest BCUT2D eigenvalue weighted by atomic mass is 10.1. The van der Waals surface area contributed by atoms with E-state index in [0.717, 1.165) is 19.5 Å². The van der Waals surface area contributed by atoms with E-state index in [1.807, 2.05) is 0 Å². The molecule has 2 aliphatic rings. The Morgan fingerprint density at radius 2 is 2.12 bits per heavy atom. The van der Waals surface area contributed by atoms with Gasteiger partial charge in [-0.25, -0.2) is 0 Å². The summed E-state index contributed by atoms with van der Waals surface area (Å²) in [6, 6.07) is 0.119. The third kappa shape index (κ3) is 3.19. The van der Waals surface area contributed by atoms with Crippen LogP contribution < -0.4 is 11.1 Å². The molecule has 4 heteroatoms. The quantitative estimate of drug-likeness (QED) is 0.702. The van der Waals surface area contributed by atoms with Gasteiger partial charge in [-0.3, -0.25) is 4.79 Å². The third-order valence-electron chi connectivity index (χ3n) is 3.57. The van der Waals surface area contributed by atoms with Gasteiger partial charge >= 0.3 is 0 Å². The SMILES string of the molecule is CC(CNC(=O)C1CC1N)CN1CCCC1. The van der Waals surface area contributed by atoms with E-state index in [4.69, 9.17) is 5.73 Å². The summed E-state index contributed by atoms with van der Waals surface area (Å²) in [4.78, 5) is 14.0. The molecule has 0 aromatic carbocycles. The number of hydrogen-bond acceptors (Lipinski definition) is 3. The van der Waals surface area contributed by atoms with E-state index in [1.165, 1.54) is 25.9 Å². The largest absolute Gasteiger partial charge is 0.355 e. The predicted molar refractivity (Wildman–Crippen MR) is 63.9 cm³/mol. The number of rotatable bonds is 5. The van der Waals surface area contributed by atoms with E-state index < -0.39 is 0 Å². The van der Waals surface area contributed by atoms with Gasteiger partial charge in [0.05, 0.1) is 5.92 Å². The van der Waals surface area contributed by atoms with E-state index in [2.05, 4.69) is 17.1 Å². The van der Waals surface area contributed by atoms with Gasteiger partial charge in [0, 0.05) is 19.1 Å². The van der Waals surface area contributed by atoms with Crippen molar-refractivity contribution in [2.45, 2.75) is 32.2 Å². The molecule has 2 rings (SSSR count). The summed E-state index contributed by atoms with van der Waals surface area (Å²) >= 11 is 0. The number of nitrogens with zero attached hydrogens (tertiary/aromatic N) is 1. The highest BCUT2D eigenvalue weighted by molar-refractivity contribution is 5.82. The lowest BCUT2D eigenvalue weighted by Gasteiger charge is -2.20. The number of likely N-dealkylation sites (tertiary alicyclic amines) is 1. The second kappa shape index (κ2) is 5.15. The van der Waals surface area contributed by atoms with Crippen molar-refractivity contribution < 1.29 is 4.79 Å². The number of hydrogen-bond donors (Lipinski definition) is 2. The third-order valence-corrected chi connectivity index (χ3v) is 3.57. The smallest absolute Gasteiger partial charge is 0.224 e. The van der Waals surface area contributed by atoms with Gasteiger partial charge in [-0.1, -0.05) is 6.92 Å². The molecule has 0 bridgehead atoms. The Kier molecular flexibility index (Phi) is 3.82. The van der Waals surface area contributed by atoms with Gasteiger partial charge in [-0.2, -0.15) is 0 Å². The van der Waals surface area contributed by atoms with Crippen molar-refractivity contribution in [3.63, 3.8) is 0 Å². The van der Waals surface area contributed by atoms with Crippen molar-refractivity contribution in [2.24, 2.45) is 17.6 Å². The normalized spacial score (nSPS) is 31.4. The molecule has 1 amide bonds. The highest BCUT2D eigenvalue weighted by Crippen LogP contribution is 2.27. The predicted octanol–water partition coefficient (Wildman–Crippen LogP) is 0.182. The van der Waals surface area contributed by atoms with Crippen molar-refractivity contribution in [2.75, 3.05) is 26.2 Å². The van der Waals surface area contributed by atoms with Crippen LogP contribution in [0.4, 0.5) is 0 Å². The molecule has 4 nitrogen and oxygen atoms in total. The van der Waals surface area contributed by atoms with Gasteiger partial charge in [-0.15, -0.1) is 0 Å². The molecule has 3 N–H and O–H groups in total. The molecule has 3 unspecified atom stereocenters. The minimum absolute atomic E-state index is 0.0963. The molecule has 1 saturated carbocycles. The Morgan fingerprint density at radius 1 is 1.50 bits per heavy atom. The maximum Gasteiger partial charge on any atom is 0.224 e. The molecule has 0 radical (unpaired) electrons. The first-order chi connectivity index (χ1) is 7.66. The average molecular weight is 225 g/mol. The molecule has 0 aromatic rings. The fourth-order valence-corrected chi connectivity index (χ4v) is 2.39. The fraction of sp³-hybridized carbons (Fsp3) is 0.917. The first-order valence-electron chi connectivity index (χ1n) is 6.42. The summed E-state index contributed by atoms with van der Waals surface area (Å²) in [6.07, 6.45) is 3.53. The standard InChI is InChI=1S/C12H23N3O/c1-9(8-15-4-2-3-5-15)7-14-12(16)10-6-11(10)13/h9-11H,2-8,13H2,1H3,(H,14,16). The summed E-state index contributed by atoms with van der Waals surface area (Å²) in [6.45, 7) is 6.55. The highest BCUT2D eigenvalue weighted by Gasteiger charge is 2.39. The minimum Gasteiger partial charge on any atom is -0.355 e. The van der Waals surface area contributed by atoms with Gasteiger partial charge in [0.15, 0.2) is 0 Å². The highest BCUT2D eigenvalue weighted by atomic mass is 16.2. The van der Waals surface area contributed by atoms with Crippen LogP contribution in [0.15, 0.2) is 0 Å². The number of carbonyl (C=O) groups excluding carboxylic acids is 1. The summed E-state index contributed by atoms with van der Waals surface area (Å²) < 4.78 is 0. The van der Waals surface area contributed by atoms with E-state index in [-0.39, 0.29) is 17.9 Å². The zero-order valence-electron chi connectivity index (χ0n) is 10.1. The van der Waals surface area contributed by atoms with Crippen molar-refractivity contribution in [3.8, 4) is 0 Å². The van der Waals surface area contributed by atoms with Crippen molar-refractivity contribution in [3.05, 3.63) is 0 Å². The van der Waals surface area contributed by atoms with Crippen LogP contribution in [0.1, 0.15) is 26.2 Å². The van der Waals surface area contributed by atoms with Crippen LogP contribution in [0.3, 0.4) is 0 Å². The van der Waals surface area contributed by atoms with Crippen LogP contribution in [-0.4, -0.2) is 43.0 Å². The van der Waals surface area contributed by atoms with Crippen molar-refractivity contribution >= 4 is 5.91 Å². The molecule has 1 aliphatic heterocycles. The first kappa shape index (κ1) is 11.9. The van der Waals surface area contributed by atoms with Crippen LogP contribution >= 0.6 is 0 Å². The summed E-state index contributed by atoms with van der Waals surface area (Å²) in [5.41, 5.74) is 5.64. The van der Waals surface area contributed by atoms with E-state index in [0.29, 0.717) is 5.92 Å². The Balaban J connectivity index is 1.59. The minimum atomic E-state index is 0.0963. The molecule has 1 saturated heterocycles. The molecule has 0 aromatic heterocycles. The molecule has 1 heterocycles. The number of nitrogens with one attached hydrogen (secondary N) is 1. The number of carbonyl (C=O) groups is 1. The Labute approximate surface area is 97.6 Å². The summed E-state index contributed by atoms with van der Waals surface area (Å²) in [5.74, 6) is 0.789. The molecule has 0 spiro atoms. The zero-order valence-corrected chi connectivity index (χ0v) is 10.1. The Morgan fingerprint density at radius 3 is 2.69 bits per heavy atom. The maximum atomic E-state index is 11.6. The van der Waals surface area contributed by atoms with Gasteiger partial charge in [0.2, 0.25) is 5.91 Å². The van der Waals surface area contributed by atoms with Crippen molar-refractivity contribution in [1.29, 1.82) is 0 Å². The molecular formula is C12H23N3O. The maximum absolute atomic E-state index is 11.6. The molecule has 92 valence electrons. The number of nitrogens with two attached hydrogens (primary N) is 1. The molecular weight excluding hydrogens is 202 g/mol. The van der Waals surface area contributed by atoms with Crippen LogP contribution in [0.2, 0.25) is 0 Å². The van der Waals surface area contributed by atoms with Crippen molar-refractivity contribution in [1.82, 2.24) is 10.2 Å². The van der Waals surface area contributed by atoms with Gasteiger partial charge in [-0.05, 0) is 38.3 Å². The lowest BCUT2D eigenvalue weighted by Crippen LogP contribution is -2.35. The number of amides is 1. The first-order valence-corrected chi connectivity index (χ1v) is 6.42. The second-order valence-electron chi connectivity index (χ2n) is 5.36. The molecule has 3 atom stereocenters. The lowest BCUT2D eigenvalue weighted by molar-refractivity contribution is -0.122. The molecule has 2 fully saturated rings. The van der Waals surface area contributed by atoms with Gasteiger partial charge in [0.1, 0.15) is 0 Å². The Hall–Kier alpha value is -0.610. The summed E-state index contributed by atoms with van der Waals surface area (Å²) in [5, 5.41) is 3.00. The molecule has 16 heavy (non-hydrogen) atoms. The van der Waals surface area contributed by atoms with Crippen LogP contribution in [0, 0.1) is 11.8 Å². The zero-order chi connectivity index (χ0) is 11.5. The average Bonchev–Trinajstić information content (AvgIpc) is 2.77. The van der Waals surface area contributed by atoms with Crippen LogP contribution in [0.25, 0.3) is 0 Å².